The third-order valence-corrected chi connectivity index (χ3v) is 8.48. The van der Waals surface area contributed by atoms with Gasteiger partial charge in [0.05, 0.1) is 0 Å². The summed E-state index contributed by atoms with van der Waals surface area (Å²) in [4.78, 5) is 0. The van der Waals surface area contributed by atoms with Crippen LogP contribution >= 0.6 is 0 Å². The maximum atomic E-state index is 8.75. The number of hydrogen-bond donors (Lipinski definition) is 1. The summed E-state index contributed by atoms with van der Waals surface area (Å²) in [6.45, 7) is 18.2. The van der Waals surface area contributed by atoms with Crippen molar-refractivity contribution in [2.24, 2.45) is 5.92 Å². The van der Waals surface area contributed by atoms with Crippen molar-refractivity contribution < 1.29 is 26.8 Å². The van der Waals surface area contributed by atoms with E-state index in [2.05, 4.69) is 52.2 Å². The van der Waals surface area contributed by atoms with Crippen LogP contribution in [-0.2, 0) is 21.7 Å². The van der Waals surface area contributed by atoms with E-state index in [9.17, 15) is 0 Å². The third kappa shape index (κ3) is 55.0. The average molecular weight is 659 g/mol. The molecule has 0 aliphatic rings. The van der Waals surface area contributed by atoms with Gasteiger partial charge < -0.3 is 15.7 Å². The molecule has 0 heterocycles. The minimum Gasteiger partial charge on any atom is -0.662 e. The summed E-state index contributed by atoms with van der Waals surface area (Å²) >= 11 is 0. The van der Waals surface area contributed by atoms with Crippen LogP contribution in [0, 0.1) is 5.92 Å². The maximum Gasteiger partial charge on any atom is 2.00 e. The first-order valence-electron chi connectivity index (χ1n) is 20.0. The van der Waals surface area contributed by atoms with Crippen molar-refractivity contribution in [1.29, 1.82) is 0 Å². The molecule has 44 heavy (non-hydrogen) atoms. The van der Waals surface area contributed by atoms with E-state index >= 15 is 0 Å². The van der Waals surface area contributed by atoms with Crippen LogP contribution < -0.4 is 0 Å². The van der Waals surface area contributed by atoms with Crippen LogP contribution in [0.2, 0.25) is 0 Å². The summed E-state index contributed by atoms with van der Waals surface area (Å²) < 4.78 is 0. The minimum atomic E-state index is 0. The molecule has 0 bridgehead atoms. The van der Waals surface area contributed by atoms with Gasteiger partial charge in [0.25, 0.3) is 0 Å². The molecule has 0 rings (SSSR count). The van der Waals surface area contributed by atoms with Gasteiger partial charge in [0.1, 0.15) is 0 Å². The Morgan fingerprint density at radius 3 is 0.841 bits per heavy atom. The fourth-order valence-electron chi connectivity index (χ4n) is 5.16. The molecule has 0 aromatic carbocycles. The van der Waals surface area contributed by atoms with Crippen LogP contribution in [0.1, 0.15) is 221 Å². The molecule has 1 atom stereocenters. The van der Waals surface area contributed by atoms with E-state index in [1.807, 2.05) is 0 Å². The Kier molecular flexibility index (Phi) is 62.1. The van der Waals surface area contributed by atoms with Crippen molar-refractivity contribution in [3.05, 3.63) is 10.6 Å². The summed E-state index contributed by atoms with van der Waals surface area (Å²) in [5.41, 5.74) is 0. The molecule has 0 aromatic heterocycles. The minimum absolute atomic E-state index is 0. The van der Waals surface area contributed by atoms with E-state index in [-0.39, 0.29) is 21.7 Å². The van der Waals surface area contributed by atoms with Crippen LogP contribution in [0.3, 0.4) is 0 Å². The zero-order chi connectivity index (χ0) is 32.3. The molecule has 1 unspecified atom stereocenters. The molecule has 0 aliphatic carbocycles. The van der Waals surface area contributed by atoms with Crippen LogP contribution in [-0.4, -0.2) is 37.9 Å². The number of aliphatic hydroxyl groups is 1. The van der Waals surface area contributed by atoms with Crippen molar-refractivity contribution in [2.45, 2.75) is 221 Å². The predicted octanol–water partition coefficient (Wildman–Crippen LogP) is 14.4. The normalized spacial score (nSPS) is 11.2. The van der Waals surface area contributed by atoms with E-state index in [1.165, 1.54) is 173 Å². The molecule has 0 aromatic rings. The fraction of sp³-hybridized carbons (Fsp3) is 1.00. The Morgan fingerprint density at radius 1 is 0.364 bits per heavy atom. The Morgan fingerprint density at radius 2 is 0.614 bits per heavy atom. The SMILES string of the molecule is CCCCC(CC)CO.CCCCCCCC[N-]CCCCCCCC.CCCCCCCC[N-]CCCCCCCC.[Ti+2]. The second-order valence-electron chi connectivity index (χ2n) is 13.0. The Balaban J connectivity index is -0.000000283. The van der Waals surface area contributed by atoms with Gasteiger partial charge >= 0.3 is 21.7 Å². The zero-order valence-electron chi connectivity index (χ0n) is 31.8. The third-order valence-electron chi connectivity index (χ3n) is 8.48. The van der Waals surface area contributed by atoms with E-state index in [4.69, 9.17) is 5.11 Å². The molecule has 0 fully saturated rings. The van der Waals surface area contributed by atoms with Gasteiger partial charge in [-0.15, -0.1) is 26.2 Å². The summed E-state index contributed by atoms with van der Waals surface area (Å²) in [6.07, 6.45) is 38.1. The summed E-state index contributed by atoms with van der Waals surface area (Å²) in [5, 5.41) is 18.0. The van der Waals surface area contributed by atoms with Gasteiger partial charge in [0, 0.05) is 6.61 Å². The van der Waals surface area contributed by atoms with Gasteiger partial charge in [-0.2, -0.15) is 0 Å². The molecular weight excluding hydrogens is 572 g/mol. The van der Waals surface area contributed by atoms with Gasteiger partial charge in [-0.1, -0.05) is 215 Å². The van der Waals surface area contributed by atoms with Crippen molar-refractivity contribution in [3.8, 4) is 0 Å². The standard InChI is InChI=1S/2C16H34N.C8H18O.Ti/c2*1-3-5-7-9-11-13-15-17-16-14-12-10-8-6-4-2;1-3-5-6-8(4-2)7-9;/h2*3-16H2,1-2H3;8-9H,3-7H2,1-2H3;/q2*-1;;+2. The van der Waals surface area contributed by atoms with Crippen LogP contribution in [0.5, 0.6) is 0 Å². The predicted molar refractivity (Wildman–Crippen MR) is 200 cm³/mol. The summed E-state index contributed by atoms with van der Waals surface area (Å²) in [6, 6.07) is 0. The molecule has 4 heteroatoms. The smallest absolute Gasteiger partial charge is 0.662 e. The molecule has 1 N–H and O–H groups in total. The van der Waals surface area contributed by atoms with Crippen molar-refractivity contribution in [1.82, 2.24) is 0 Å². The second kappa shape index (κ2) is 53.1. The first-order valence-corrected chi connectivity index (χ1v) is 20.0. The Bertz CT molecular complexity index is 362. The van der Waals surface area contributed by atoms with Crippen LogP contribution in [0.25, 0.3) is 10.6 Å². The first kappa shape index (κ1) is 51.4. The Hall–Kier alpha value is 0.594. The number of rotatable bonds is 33. The van der Waals surface area contributed by atoms with Crippen LogP contribution in [0.15, 0.2) is 0 Å². The van der Waals surface area contributed by atoms with Gasteiger partial charge in [-0.25, -0.2) is 0 Å². The number of aliphatic hydroxyl groups excluding tert-OH is 1. The largest absolute Gasteiger partial charge is 2.00 e. The van der Waals surface area contributed by atoms with Gasteiger partial charge in [0.2, 0.25) is 0 Å². The molecule has 0 aliphatic heterocycles. The number of unbranched alkanes of at least 4 members (excludes halogenated alkanes) is 21. The monoisotopic (exact) mass is 659 g/mol. The topological polar surface area (TPSA) is 48.4 Å². The maximum absolute atomic E-state index is 8.75. The molecule has 0 amide bonds. The summed E-state index contributed by atoms with van der Waals surface area (Å²) in [5.74, 6) is 0.560. The molecule has 0 radical (unpaired) electrons. The summed E-state index contributed by atoms with van der Waals surface area (Å²) in [7, 11) is 0. The van der Waals surface area contributed by atoms with E-state index < -0.39 is 0 Å². The molecule has 3 nitrogen and oxygen atoms in total. The van der Waals surface area contributed by atoms with Crippen molar-refractivity contribution in [3.63, 3.8) is 0 Å². The second-order valence-corrected chi connectivity index (χ2v) is 13.0. The molecule has 266 valence electrons. The van der Waals surface area contributed by atoms with Crippen molar-refractivity contribution in [2.75, 3.05) is 32.8 Å². The Labute approximate surface area is 296 Å². The van der Waals surface area contributed by atoms with Gasteiger partial charge in [-0.3, -0.25) is 0 Å². The van der Waals surface area contributed by atoms with Crippen LogP contribution in [0.4, 0.5) is 0 Å². The molecule has 0 saturated heterocycles. The van der Waals surface area contributed by atoms with Crippen molar-refractivity contribution >= 4 is 0 Å². The van der Waals surface area contributed by atoms with Gasteiger partial charge in [-0.05, 0) is 12.3 Å². The number of hydrogen-bond acceptors (Lipinski definition) is 1. The van der Waals surface area contributed by atoms with E-state index in [1.54, 1.807) is 0 Å². The molecule has 0 saturated carbocycles. The zero-order valence-corrected chi connectivity index (χ0v) is 33.3. The number of nitrogens with zero attached hydrogens (tertiary/aromatic N) is 2. The average Bonchev–Trinajstić information content (AvgIpc) is 3.03. The first-order chi connectivity index (χ1) is 21.2. The quantitative estimate of drug-likeness (QED) is 0.0553. The van der Waals surface area contributed by atoms with E-state index in [0.29, 0.717) is 12.5 Å². The fourth-order valence-corrected chi connectivity index (χ4v) is 5.16. The van der Waals surface area contributed by atoms with E-state index in [0.717, 1.165) is 32.6 Å². The molecule has 0 spiro atoms. The van der Waals surface area contributed by atoms with Gasteiger partial charge in [0.15, 0.2) is 0 Å². The molecular formula is C40H86N2OTi.